The van der Waals surface area contributed by atoms with Gasteiger partial charge >= 0.3 is 0 Å². The second kappa shape index (κ2) is 8.63. The molecule has 0 spiro atoms. The predicted octanol–water partition coefficient (Wildman–Crippen LogP) is 11.0. The smallest absolute Gasteiger partial charge is 0.0353 e. The van der Waals surface area contributed by atoms with Crippen molar-refractivity contribution >= 4 is 21.5 Å². The van der Waals surface area contributed by atoms with Crippen molar-refractivity contribution in [2.75, 3.05) is 0 Å². The van der Waals surface area contributed by atoms with Crippen molar-refractivity contribution < 1.29 is 0 Å². The zero-order valence-corrected chi connectivity index (χ0v) is 24.3. The highest BCUT2D eigenvalue weighted by Gasteiger charge is 2.33. The van der Waals surface area contributed by atoms with Gasteiger partial charge in [-0.2, -0.15) is 0 Å². The number of hydrogen-bond acceptors (Lipinski definition) is 1. The van der Waals surface area contributed by atoms with Crippen LogP contribution in [-0.2, 0) is 10.8 Å². The zero-order valence-electron chi connectivity index (χ0n) is 24.3. The van der Waals surface area contributed by atoms with E-state index >= 15 is 0 Å². The van der Waals surface area contributed by atoms with Crippen molar-refractivity contribution in [2.24, 2.45) is 0 Å². The van der Waals surface area contributed by atoms with Crippen molar-refractivity contribution in [3.8, 4) is 44.5 Å². The summed E-state index contributed by atoms with van der Waals surface area (Å²) in [6.45, 7) is 13.9. The Morgan fingerprint density at radius 2 is 0.975 bits per heavy atom. The first-order chi connectivity index (χ1) is 19.1. The molecule has 0 radical (unpaired) electrons. The van der Waals surface area contributed by atoms with Gasteiger partial charge in [0.05, 0.1) is 0 Å². The second-order valence-corrected chi connectivity index (χ2v) is 13.3. The quantitative estimate of drug-likeness (QED) is 0.222. The van der Waals surface area contributed by atoms with Gasteiger partial charge in [0.25, 0.3) is 0 Å². The normalized spacial score (nSPS) is 12.8. The van der Waals surface area contributed by atoms with E-state index in [0.29, 0.717) is 0 Å². The summed E-state index contributed by atoms with van der Waals surface area (Å²) in [6.07, 6.45) is 4.01. The van der Waals surface area contributed by atoms with Gasteiger partial charge in [0, 0.05) is 17.8 Å². The molecule has 1 aliphatic rings. The van der Waals surface area contributed by atoms with E-state index in [1.54, 1.807) is 0 Å². The van der Waals surface area contributed by atoms with Crippen LogP contribution in [0.5, 0.6) is 0 Å². The molecule has 0 fully saturated rings. The SMILES string of the molecule is CC(C)(C)c1cc2c3c(cc(C(C)(C)C)cc3c1)-c1c-2c(-c2ccccc2)c2ccncc2c1-c1ccccc1. The molecule has 196 valence electrons. The molecule has 0 atom stereocenters. The molecule has 5 aromatic carbocycles. The first kappa shape index (κ1) is 24.8. The third kappa shape index (κ3) is 3.72. The van der Waals surface area contributed by atoms with Gasteiger partial charge in [-0.25, -0.2) is 0 Å². The van der Waals surface area contributed by atoms with Gasteiger partial charge in [-0.3, -0.25) is 4.98 Å². The number of fused-ring (bicyclic) bond motifs is 4. The number of aromatic nitrogens is 1. The van der Waals surface area contributed by atoms with Crippen LogP contribution in [-0.4, -0.2) is 4.98 Å². The number of nitrogens with zero attached hydrogens (tertiary/aromatic N) is 1. The van der Waals surface area contributed by atoms with Gasteiger partial charge in [-0.1, -0.05) is 114 Å². The topological polar surface area (TPSA) is 12.9 Å². The number of rotatable bonds is 2. The largest absolute Gasteiger partial charge is 0.264 e. The summed E-state index contributed by atoms with van der Waals surface area (Å²) in [4.78, 5) is 4.66. The lowest BCUT2D eigenvalue weighted by molar-refractivity contribution is 0.589. The van der Waals surface area contributed by atoms with Crippen LogP contribution in [0.25, 0.3) is 66.1 Å². The van der Waals surface area contributed by atoms with Crippen molar-refractivity contribution in [3.63, 3.8) is 0 Å². The average Bonchev–Trinajstić information content (AvgIpc) is 3.26. The molecule has 1 aromatic heterocycles. The summed E-state index contributed by atoms with van der Waals surface area (Å²) in [7, 11) is 0. The van der Waals surface area contributed by atoms with Crippen molar-refractivity contribution in [1.29, 1.82) is 0 Å². The summed E-state index contributed by atoms with van der Waals surface area (Å²) in [5, 5.41) is 5.15. The molecule has 1 heterocycles. The molecule has 6 aromatic rings. The van der Waals surface area contributed by atoms with E-state index < -0.39 is 0 Å². The molecule has 0 unspecified atom stereocenters. The third-order valence-corrected chi connectivity index (χ3v) is 8.55. The van der Waals surface area contributed by atoms with Crippen LogP contribution >= 0.6 is 0 Å². The van der Waals surface area contributed by atoms with Gasteiger partial charge in [-0.05, 0) is 101 Å². The molecule has 0 saturated heterocycles. The van der Waals surface area contributed by atoms with E-state index in [2.05, 4.69) is 144 Å². The molecule has 0 aliphatic heterocycles. The van der Waals surface area contributed by atoms with Crippen LogP contribution in [0.4, 0.5) is 0 Å². The lowest BCUT2D eigenvalue weighted by Gasteiger charge is -2.23. The van der Waals surface area contributed by atoms with Crippen LogP contribution in [0, 0.1) is 0 Å². The molecule has 7 rings (SSSR count). The monoisotopic (exact) mass is 517 g/mol. The molecule has 1 aliphatic carbocycles. The maximum absolute atomic E-state index is 4.66. The first-order valence-electron chi connectivity index (χ1n) is 14.3. The maximum atomic E-state index is 4.66. The van der Waals surface area contributed by atoms with Gasteiger partial charge in [0.2, 0.25) is 0 Å². The Morgan fingerprint density at radius 1 is 0.500 bits per heavy atom. The Morgan fingerprint density at radius 3 is 1.45 bits per heavy atom. The van der Waals surface area contributed by atoms with Gasteiger partial charge < -0.3 is 0 Å². The summed E-state index contributed by atoms with van der Waals surface area (Å²) >= 11 is 0. The summed E-state index contributed by atoms with van der Waals surface area (Å²) in [6, 6.07) is 33.9. The Hall–Kier alpha value is -4.23. The van der Waals surface area contributed by atoms with Gasteiger partial charge in [-0.15, -0.1) is 0 Å². The van der Waals surface area contributed by atoms with Crippen molar-refractivity contribution in [1.82, 2.24) is 4.98 Å². The molecule has 1 nitrogen and oxygen atoms in total. The van der Waals surface area contributed by atoms with E-state index in [4.69, 9.17) is 0 Å². The Labute approximate surface area is 237 Å². The van der Waals surface area contributed by atoms with Crippen LogP contribution in [0.1, 0.15) is 52.7 Å². The Balaban J connectivity index is 1.77. The lowest BCUT2D eigenvalue weighted by Crippen LogP contribution is -2.12. The zero-order chi connectivity index (χ0) is 27.8. The van der Waals surface area contributed by atoms with E-state index in [0.717, 1.165) is 0 Å². The fraction of sp³-hybridized carbons (Fsp3) is 0.205. The minimum Gasteiger partial charge on any atom is -0.264 e. The highest BCUT2D eigenvalue weighted by Crippen LogP contribution is 2.58. The summed E-state index contributed by atoms with van der Waals surface area (Å²) in [5.74, 6) is 0. The van der Waals surface area contributed by atoms with Crippen LogP contribution in [0.2, 0.25) is 0 Å². The fourth-order valence-electron chi connectivity index (χ4n) is 6.46. The molecule has 0 saturated carbocycles. The highest BCUT2D eigenvalue weighted by atomic mass is 14.6. The van der Waals surface area contributed by atoms with E-state index in [1.807, 2.05) is 6.20 Å². The first-order valence-corrected chi connectivity index (χ1v) is 14.3. The van der Waals surface area contributed by atoms with Crippen LogP contribution in [0.15, 0.2) is 103 Å². The third-order valence-electron chi connectivity index (χ3n) is 8.55. The van der Waals surface area contributed by atoms with Crippen LogP contribution in [0.3, 0.4) is 0 Å². The standard InChI is InChI=1S/C39H35N/c1-38(2,3)27-19-26-20-28(39(4,5)6)22-31-33(26)30(21-27)36-34(24-13-9-7-10-14-24)29-17-18-40-23-32(29)35(37(31)36)25-15-11-8-12-16-25/h7-23H,1-6H3. The molecule has 1 heteroatoms. The van der Waals surface area contributed by atoms with Crippen LogP contribution < -0.4 is 0 Å². The van der Waals surface area contributed by atoms with Gasteiger partial charge in [0.15, 0.2) is 0 Å². The molecule has 0 bridgehead atoms. The maximum Gasteiger partial charge on any atom is 0.0353 e. The Kier molecular flexibility index (Phi) is 5.35. The fourth-order valence-corrected chi connectivity index (χ4v) is 6.46. The summed E-state index contributed by atoms with van der Waals surface area (Å²) < 4.78 is 0. The highest BCUT2D eigenvalue weighted by molar-refractivity contribution is 6.27. The molecular formula is C39H35N. The lowest BCUT2D eigenvalue weighted by atomic mass is 9.81. The molecular weight excluding hydrogens is 482 g/mol. The van der Waals surface area contributed by atoms with E-state index in [-0.39, 0.29) is 10.8 Å². The average molecular weight is 518 g/mol. The summed E-state index contributed by atoms with van der Waals surface area (Å²) in [5.41, 5.74) is 13.2. The van der Waals surface area contributed by atoms with Crippen molar-refractivity contribution in [2.45, 2.75) is 52.4 Å². The number of pyridine rings is 1. The van der Waals surface area contributed by atoms with Crippen molar-refractivity contribution in [3.05, 3.63) is 115 Å². The predicted molar refractivity (Wildman–Crippen MR) is 172 cm³/mol. The molecule has 0 N–H and O–H groups in total. The number of hydrogen-bond donors (Lipinski definition) is 0. The minimum atomic E-state index is 0.0267. The van der Waals surface area contributed by atoms with E-state index in [1.165, 1.54) is 77.2 Å². The minimum absolute atomic E-state index is 0.0267. The second-order valence-electron chi connectivity index (χ2n) is 13.3. The Bertz CT molecular complexity index is 1790. The van der Waals surface area contributed by atoms with Gasteiger partial charge in [0.1, 0.15) is 0 Å². The number of benzene rings is 5. The van der Waals surface area contributed by atoms with E-state index in [9.17, 15) is 0 Å². The molecule has 0 amide bonds. The molecule has 40 heavy (non-hydrogen) atoms.